The van der Waals surface area contributed by atoms with Crippen LogP contribution in [-0.2, 0) is 13.6 Å². The number of likely N-dealkylation sites (tertiary alicyclic amines) is 1. The molecule has 1 atom stereocenters. The predicted molar refractivity (Wildman–Crippen MR) is 100 cm³/mol. The molecule has 1 saturated heterocycles. The summed E-state index contributed by atoms with van der Waals surface area (Å²) in [6.07, 6.45) is 5.83. The lowest BCUT2D eigenvalue weighted by molar-refractivity contribution is 0.195. The van der Waals surface area contributed by atoms with Crippen molar-refractivity contribution in [2.45, 2.75) is 25.3 Å². The van der Waals surface area contributed by atoms with Gasteiger partial charge in [0.2, 0.25) is 0 Å². The summed E-state index contributed by atoms with van der Waals surface area (Å²) in [7, 11) is 1.73. The van der Waals surface area contributed by atoms with Crippen LogP contribution in [0.1, 0.15) is 30.1 Å². The van der Waals surface area contributed by atoms with Gasteiger partial charge in [-0.25, -0.2) is 14.0 Å². The zero-order valence-corrected chi connectivity index (χ0v) is 15.0. The molecular weight excluding hydrogens is 326 g/mol. The van der Waals surface area contributed by atoms with Gasteiger partial charge in [-0.2, -0.15) is 5.10 Å². The summed E-state index contributed by atoms with van der Waals surface area (Å²) in [5, 5.41) is 4.58. The lowest BCUT2D eigenvalue weighted by Crippen LogP contribution is -2.35. The maximum atomic E-state index is 12.6. The highest BCUT2D eigenvalue weighted by molar-refractivity contribution is 5.33. The van der Waals surface area contributed by atoms with E-state index in [0.29, 0.717) is 0 Å². The highest BCUT2D eigenvalue weighted by Gasteiger charge is 2.27. The minimum atomic E-state index is -0.0857. The van der Waals surface area contributed by atoms with E-state index in [1.807, 2.05) is 42.7 Å². The molecule has 134 valence electrons. The maximum Gasteiger partial charge on any atom is 0.350 e. The smallest absolute Gasteiger partial charge is 0.298 e. The van der Waals surface area contributed by atoms with Crippen molar-refractivity contribution in [3.05, 3.63) is 76.7 Å². The van der Waals surface area contributed by atoms with Gasteiger partial charge in [-0.1, -0.05) is 18.2 Å². The molecule has 1 aromatic carbocycles. The van der Waals surface area contributed by atoms with E-state index in [-0.39, 0.29) is 11.6 Å². The van der Waals surface area contributed by atoms with E-state index in [1.165, 1.54) is 10.2 Å². The molecule has 0 N–H and O–H groups in total. The van der Waals surface area contributed by atoms with Gasteiger partial charge in [0, 0.05) is 38.4 Å². The zero-order valence-electron chi connectivity index (χ0n) is 15.0. The molecule has 0 aliphatic carbocycles. The van der Waals surface area contributed by atoms with Gasteiger partial charge in [0.1, 0.15) is 5.82 Å². The minimum absolute atomic E-state index is 0.0857. The maximum absolute atomic E-state index is 12.6. The van der Waals surface area contributed by atoms with E-state index in [0.717, 1.165) is 44.0 Å². The lowest BCUT2D eigenvalue weighted by atomic mass is 9.96. The molecule has 1 fully saturated rings. The van der Waals surface area contributed by atoms with Crippen LogP contribution in [0.5, 0.6) is 0 Å². The minimum Gasteiger partial charge on any atom is -0.298 e. The molecule has 0 radical (unpaired) electrons. The molecule has 0 unspecified atom stereocenters. The van der Waals surface area contributed by atoms with Crippen LogP contribution in [0.4, 0.5) is 0 Å². The van der Waals surface area contributed by atoms with Gasteiger partial charge in [-0.05, 0) is 49.2 Å². The van der Waals surface area contributed by atoms with Crippen molar-refractivity contribution in [2.24, 2.45) is 7.05 Å². The average Bonchev–Trinajstić information content (AvgIpc) is 2.98. The first-order chi connectivity index (χ1) is 12.7. The Hall–Kier alpha value is -2.73. The normalized spacial score (nSPS) is 18.1. The van der Waals surface area contributed by atoms with Gasteiger partial charge >= 0.3 is 5.69 Å². The number of aryl methyl sites for hydroxylation is 1. The van der Waals surface area contributed by atoms with Crippen molar-refractivity contribution in [3.8, 4) is 5.69 Å². The fourth-order valence-electron chi connectivity index (χ4n) is 3.72. The number of benzene rings is 1. The molecule has 6 heteroatoms. The third-order valence-electron chi connectivity index (χ3n) is 4.99. The molecule has 0 spiro atoms. The molecule has 3 heterocycles. The monoisotopic (exact) mass is 349 g/mol. The number of hydrogen-bond acceptors (Lipinski definition) is 4. The van der Waals surface area contributed by atoms with Crippen LogP contribution in [0.2, 0.25) is 0 Å². The van der Waals surface area contributed by atoms with Crippen LogP contribution in [0, 0.1) is 0 Å². The van der Waals surface area contributed by atoms with Gasteiger partial charge in [0.05, 0.1) is 5.69 Å². The summed E-state index contributed by atoms with van der Waals surface area (Å²) in [6, 6.07) is 13.9. The molecular formula is C20H23N5O. The van der Waals surface area contributed by atoms with E-state index >= 15 is 0 Å². The second-order valence-electron chi connectivity index (χ2n) is 6.87. The molecule has 26 heavy (non-hydrogen) atoms. The van der Waals surface area contributed by atoms with Crippen LogP contribution in [-0.4, -0.2) is 37.3 Å². The first-order valence-corrected chi connectivity index (χ1v) is 9.05. The molecule has 2 aromatic heterocycles. The van der Waals surface area contributed by atoms with Gasteiger partial charge in [0.15, 0.2) is 0 Å². The molecule has 0 amide bonds. The van der Waals surface area contributed by atoms with Crippen molar-refractivity contribution < 1.29 is 0 Å². The molecule has 1 aliphatic rings. The second kappa shape index (κ2) is 7.25. The summed E-state index contributed by atoms with van der Waals surface area (Å²) in [6.45, 7) is 2.88. The largest absolute Gasteiger partial charge is 0.350 e. The highest BCUT2D eigenvalue weighted by Crippen LogP contribution is 2.27. The SMILES string of the molecule is Cn1nc([C@H]2CCCN(Cc3ccncc3)C2)n(-c2ccccc2)c1=O. The Kier molecular flexibility index (Phi) is 4.67. The molecule has 0 bridgehead atoms. The van der Waals surface area contributed by atoms with E-state index in [1.54, 1.807) is 11.6 Å². The Labute approximate surface area is 152 Å². The quantitative estimate of drug-likeness (QED) is 0.725. The summed E-state index contributed by atoms with van der Waals surface area (Å²) < 4.78 is 3.21. The first kappa shape index (κ1) is 16.7. The number of aromatic nitrogens is 4. The van der Waals surface area contributed by atoms with Gasteiger partial charge < -0.3 is 0 Å². The van der Waals surface area contributed by atoms with Crippen LogP contribution in [0.3, 0.4) is 0 Å². The van der Waals surface area contributed by atoms with Gasteiger partial charge in [-0.3, -0.25) is 9.88 Å². The number of piperidine rings is 1. The zero-order chi connectivity index (χ0) is 17.9. The van der Waals surface area contributed by atoms with Crippen molar-refractivity contribution >= 4 is 0 Å². The van der Waals surface area contributed by atoms with Gasteiger partial charge in [0.25, 0.3) is 0 Å². The Morgan fingerprint density at radius 3 is 2.65 bits per heavy atom. The Balaban J connectivity index is 1.61. The summed E-state index contributed by atoms with van der Waals surface area (Å²) >= 11 is 0. The fourth-order valence-corrected chi connectivity index (χ4v) is 3.72. The van der Waals surface area contributed by atoms with Gasteiger partial charge in [-0.15, -0.1) is 0 Å². The van der Waals surface area contributed by atoms with Crippen molar-refractivity contribution in [3.63, 3.8) is 0 Å². The van der Waals surface area contributed by atoms with Crippen molar-refractivity contribution in [2.75, 3.05) is 13.1 Å². The number of rotatable bonds is 4. The third-order valence-corrected chi connectivity index (χ3v) is 4.99. The average molecular weight is 349 g/mol. The van der Waals surface area contributed by atoms with Crippen molar-refractivity contribution in [1.82, 2.24) is 24.2 Å². The standard InChI is InChI=1S/C20H23N5O/c1-23-20(26)25(18-7-3-2-4-8-18)19(22-23)17-6-5-13-24(15-17)14-16-9-11-21-12-10-16/h2-4,7-12,17H,5-6,13-15H2,1H3/t17-/m0/s1. The third kappa shape index (κ3) is 3.32. The number of pyridine rings is 1. The summed E-state index contributed by atoms with van der Waals surface area (Å²) in [5.74, 6) is 1.11. The van der Waals surface area contributed by atoms with Crippen LogP contribution in [0.25, 0.3) is 5.69 Å². The van der Waals surface area contributed by atoms with E-state index < -0.39 is 0 Å². The van der Waals surface area contributed by atoms with Crippen LogP contribution in [0.15, 0.2) is 59.7 Å². The molecule has 3 aromatic rings. The lowest BCUT2D eigenvalue weighted by Gasteiger charge is -2.32. The summed E-state index contributed by atoms with van der Waals surface area (Å²) in [5.41, 5.74) is 2.06. The Morgan fingerprint density at radius 2 is 1.88 bits per heavy atom. The molecule has 0 saturated carbocycles. The van der Waals surface area contributed by atoms with Crippen LogP contribution >= 0.6 is 0 Å². The Morgan fingerprint density at radius 1 is 1.12 bits per heavy atom. The highest BCUT2D eigenvalue weighted by atomic mass is 16.2. The molecule has 6 nitrogen and oxygen atoms in total. The number of nitrogens with zero attached hydrogens (tertiary/aromatic N) is 5. The topological polar surface area (TPSA) is 56.0 Å². The fraction of sp³-hybridized carbons (Fsp3) is 0.350. The van der Waals surface area contributed by atoms with E-state index in [4.69, 9.17) is 0 Å². The van der Waals surface area contributed by atoms with Crippen molar-refractivity contribution in [1.29, 1.82) is 0 Å². The second-order valence-corrected chi connectivity index (χ2v) is 6.87. The predicted octanol–water partition coefficient (Wildman–Crippen LogP) is 2.35. The first-order valence-electron chi connectivity index (χ1n) is 9.05. The Bertz CT molecular complexity index is 916. The van der Waals surface area contributed by atoms with Crippen LogP contribution < -0.4 is 5.69 Å². The van der Waals surface area contributed by atoms with E-state index in [2.05, 4.69) is 27.1 Å². The number of hydrogen-bond donors (Lipinski definition) is 0. The summed E-state index contributed by atoms with van der Waals surface area (Å²) in [4.78, 5) is 19.2. The molecule has 1 aliphatic heterocycles. The van der Waals surface area contributed by atoms with E-state index in [9.17, 15) is 4.79 Å². The number of para-hydroxylation sites is 1. The molecule has 4 rings (SSSR count).